The average Bonchev–Trinajstić information content (AvgIpc) is 2.53. The normalized spacial score (nSPS) is 12.9. The highest BCUT2D eigenvalue weighted by molar-refractivity contribution is 9.10. The van der Waals surface area contributed by atoms with Crippen LogP contribution in [0.3, 0.4) is 0 Å². The maximum atomic E-state index is 12.7. The molecule has 2 aromatic rings. The van der Waals surface area contributed by atoms with Gasteiger partial charge in [-0.1, -0.05) is 27.5 Å². The second-order valence-corrected chi connectivity index (χ2v) is 9.32. The molecule has 0 saturated carbocycles. The molecule has 0 heterocycles. The zero-order valence-electron chi connectivity index (χ0n) is 11.9. The lowest BCUT2D eigenvalue weighted by molar-refractivity contribution is 0.0949. The van der Waals surface area contributed by atoms with Gasteiger partial charge in [0.25, 0.3) is 5.91 Å². The van der Waals surface area contributed by atoms with Gasteiger partial charge in [-0.25, -0.2) is 8.42 Å². The summed E-state index contributed by atoms with van der Waals surface area (Å²) in [5.74, 6) is -0.601. The lowest BCUT2D eigenvalue weighted by Gasteiger charge is -2.20. The van der Waals surface area contributed by atoms with Crippen LogP contribution in [-0.4, -0.2) is 24.5 Å². The number of hydrogen-bond donors (Lipinski definition) is 1. The molecule has 0 bridgehead atoms. The summed E-state index contributed by atoms with van der Waals surface area (Å²) in [6.45, 7) is 0. The Kier molecular flexibility index (Phi) is 6.56. The van der Waals surface area contributed by atoms with Crippen LogP contribution in [0.1, 0.15) is 10.4 Å². The Morgan fingerprint density at radius 1 is 1.00 bits per heavy atom. The zero-order chi connectivity index (χ0) is 17.9. The van der Waals surface area contributed by atoms with Gasteiger partial charge in [0, 0.05) is 15.1 Å². The smallest absolute Gasteiger partial charge is 0.252 e. The van der Waals surface area contributed by atoms with Gasteiger partial charge >= 0.3 is 0 Å². The SMILES string of the molecule is O=C(NC(C(Cl)Cl)S(=O)(=O)c1ccc(Cl)cc1)c1ccc(Br)cc1. The van der Waals surface area contributed by atoms with E-state index < -0.39 is 26.0 Å². The van der Waals surface area contributed by atoms with Crippen molar-refractivity contribution in [3.8, 4) is 0 Å². The van der Waals surface area contributed by atoms with E-state index in [0.717, 1.165) is 4.47 Å². The maximum absolute atomic E-state index is 12.7. The fraction of sp³-hybridized carbons (Fsp3) is 0.133. The monoisotopic (exact) mass is 469 g/mol. The fourth-order valence-corrected chi connectivity index (χ4v) is 4.53. The number of amides is 1. The molecule has 0 aliphatic heterocycles. The second-order valence-electron chi connectivity index (χ2n) is 4.73. The number of alkyl halides is 2. The molecule has 1 unspecified atom stereocenters. The first kappa shape index (κ1) is 19.5. The van der Waals surface area contributed by atoms with Gasteiger partial charge in [0.15, 0.2) is 5.37 Å². The summed E-state index contributed by atoms with van der Waals surface area (Å²) >= 11 is 20.6. The molecule has 0 aliphatic rings. The number of sulfone groups is 1. The highest BCUT2D eigenvalue weighted by Gasteiger charge is 2.34. The predicted molar refractivity (Wildman–Crippen MR) is 99.5 cm³/mol. The summed E-state index contributed by atoms with van der Waals surface area (Å²) in [5, 5.41) is 1.25. The molecule has 0 fully saturated rings. The van der Waals surface area contributed by atoms with E-state index in [4.69, 9.17) is 34.8 Å². The quantitative estimate of drug-likeness (QED) is 0.656. The molecule has 128 valence electrons. The van der Waals surface area contributed by atoms with Crippen LogP contribution in [0.15, 0.2) is 57.9 Å². The van der Waals surface area contributed by atoms with E-state index in [1.54, 1.807) is 24.3 Å². The average molecular weight is 472 g/mol. The molecule has 0 aromatic heterocycles. The van der Waals surface area contributed by atoms with Crippen molar-refractivity contribution in [2.45, 2.75) is 15.1 Å². The largest absolute Gasteiger partial charge is 0.333 e. The Hall–Kier alpha value is -0.790. The van der Waals surface area contributed by atoms with Gasteiger partial charge in [-0.3, -0.25) is 4.79 Å². The molecule has 4 nitrogen and oxygen atoms in total. The van der Waals surface area contributed by atoms with Crippen LogP contribution in [0.4, 0.5) is 0 Å². The number of carbonyl (C=O) groups is 1. The van der Waals surface area contributed by atoms with Crippen LogP contribution in [0.5, 0.6) is 0 Å². The van der Waals surface area contributed by atoms with Gasteiger partial charge in [0.2, 0.25) is 9.84 Å². The molecule has 24 heavy (non-hydrogen) atoms. The fourth-order valence-electron chi connectivity index (χ4n) is 1.86. The first-order valence-electron chi connectivity index (χ1n) is 6.56. The molecular weight excluding hydrogens is 460 g/mol. The Morgan fingerprint density at radius 3 is 2.04 bits per heavy atom. The second kappa shape index (κ2) is 8.06. The van der Waals surface area contributed by atoms with E-state index in [2.05, 4.69) is 21.2 Å². The number of nitrogens with one attached hydrogen (secondary N) is 1. The molecule has 0 aliphatic carbocycles. The van der Waals surface area contributed by atoms with Crippen molar-refractivity contribution in [1.82, 2.24) is 5.32 Å². The Morgan fingerprint density at radius 2 is 1.54 bits per heavy atom. The molecule has 2 rings (SSSR count). The van der Waals surface area contributed by atoms with E-state index in [-0.39, 0.29) is 10.5 Å². The van der Waals surface area contributed by atoms with Crippen LogP contribution in [0.25, 0.3) is 0 Å². The first-order chi connectivity index (χ1) is 11.2. The molecular formula is C15H11BrCl3NO3S. The van der Waals surface area contributed by atoms with Gasteiger partial charge in [0.1, 0.15) is 4.84 Å². The van der Waals surface area contributed by atoms with Gasteiger partial charge in [0.05, 0.1) is 4.90 Å². The Bertz CT molecular complexity index is 824. The number of rotatable bonds is 5. The Balaban J connectivity index is 2.30. The highest BCUT2D eigenvalue weighted by Crippen LogP contribution is 2.24. The molecule has 1 atom stereocenters. The standard InChI is InChI=1S/C15H11BrCl3NO3S/c16-10-3-1-9(2-4-10)14(21)20-15(13(18)19)24(22,23)12-7-5-11(17)6-8-12/h1-8,13,15H,(H,20,21). The molecule has 0 radical (unpaired) electrons. The van der Waals surface area contributed by atoms with Gasteiger partial charge in [-0.05, 0) is 48.5 Å². The van der Waals surface area contributed by atoms with E-state index >= 15 is 0 Å². The number of benzene rings is 2. The van der Waals surface area contributed by atoms with Crippen molar-refractivity contribution < 1.29 is 13.2 Å². The lowest BCUT2D eigenvalue weighted by Crippen LogP contribution is -2.45. The molecule has 2 aromatic carbocycles. The van der Waals surface area contributed by atoms with Crippen LogP contribution in [0.2, 0.25) is 5.02 Å². The first-order valence-corrected chi connectivity index (χ1v) is 10.1. The number of halogens is 4. The lowest BCUT2D eigenvalue weighted by atomic mass is 10.2. The molecule has 9 heteroatoms. The molecule has 0 saturated heterocycles. The molecule has 1 N–H and O–H groups in total. The minimum absolute atomic E-state index is 0.0423. The third-order valence-electron chi connectivity index (χ3n) is 3.09. The topological polar surface area (TPSA) is 63.2 Å². The van der Waals surface area contributed by atoms with Crippen molar-refractivity contribution in [3.05, 3.63) is 63.6 Å². The van der Waals surface area contributed by atoms with Crippen LogP contribution in [0, 0.1) is 0 Å². The van der Waals surface area contributed by atoms with Crippen molar-refractivity contribution >= 4 is 66.5 Å². The summed E-state index contributed by atoms with van der Waals surface area (Å²) in [7, 11) is -3.99. The van der Waals surface area contributed by atoms with Crippen LogP contribution >= 0.6 is 50.7 Å². The van der Waals surface area contributed by atoms with E-state index in [9.17, 15) is 13.2 Å². The third kappa shape index (κ3) is 4.64. The van der Waals surface area contributed by atoms with Crippen molar-refractivity contribution in [1.29, 1.82) is 0 Å². The van der Waals surface area contributed by atoms with E-state index in [1.807, 2.05) is 0 Å². The van der Waals surface area contributed by atoms with Gasteiger partial charge < -0.3 is 5.32 Å². The third-order valence-corrected chi connectivity index (χ3v) is 6.66. The van der Waals surface area contributed by atoms with Gasteiger partial charge in [-0.15, -0.1) is 23.2 Å². The van der Waals surface area contributed by atoms with E-state index in [1.165, 1.54) is 24.3 Å². The van der Waals surface area contributed by atoms with Gasteiger partial charge in [-0.2, -0.15) is 0 Å². The van der Waals surface area contributed by atoms with Crippen LogP contribution < -0.4 is 5.32 Å². The van der Waals surface area contributed by atoms with Crippen LogP contribution in [-0.2, 0) is 9.84 Å². The summed E-state index contributed by atoms with van der Waals surface area (Å²) in [6.07, 6.45) is 0. The van der Waals surface area contributed by atoms with Crippen molar-refractivity contribution in [2.75, 3.05) is 0 Å². The summed E-state index contributed by atoms with van der Waals surface area (Å²) in [5.41, 5.74) is 0.281. The minimum atomic E-state index is -3.99. The molecule has 1 amide bonds. The van der Waals surface area contributed by atoms with Crippen molar-refractivity contribution in [3.63, 3.8) is 0 Å². The minimum Gasteiger partial charge on any atom is -0.333 e. The summed E-state index contributed by atoms with van der Waals surface area (Å²) < 4.78 is 26.1. The maximum Gasteiger partial charge on any atom is 0.252 e. The Labute approximate surface area is 163 Å². The zero-order valence-corrected chi connectivity index (χ0v) is 16.6. The summed E-state index contributed by atoms with van der Waals surface area (Å²) in [6, 6.07) is 11.9. The number of hydrogen-bond acceptors (Lipinski definition) is 3. The van der Waals surface area contributed by atoms with E-state index in [0.29, 0.717) is 5.02 Å². The summed E-state index contributed by atoms with van der Waals surface area (Å²) in [4.78, 5) is 10.9. The molecule has 0 spiro atoms. The predicted octanol–water partition coefficient (Wildman–Crippen LogP) is 4.44. The highest BCUT2D eigenvalue weighted by atomic mass is 79.9. The van der Waals surface area contributed by atoms with Crippen molar-refractivity contribution in [2.24, 2.45) is 0 Å². The number of carbonyl (C=O) groups excluding carboxylic acids is 1.